The van der Waals surface area contributed by atoms with Crippen molar-refractivity contribution in [3.05, 3.63) is 24.8 Å². The highest BCUT2D eigenvalue weighted by molar-refractivity contribution is 4.81. The molecule has 0 aromatic rings. The Bertz CT molecular complexity index is 190. The van der Waals surface area contributed by atoms with Gasteiger partial charge in [0.25, 0.3) is 0 Å². The van der Waals surface area contributed by atoms with Crippen LogP contribution in [0.2, 0.25) is 0 Å². The summed E-state index contributed by atoms with van der Waals surface area (Å²) in [6, 6.07) is 0. The van der Waals surface area contributed by atoms with Crippen molar-refractivity contribution in [2.24, 2.45) is 0 Å². The monoisotopic (exact) mass is 264 g/mol. The molecule has 0 unspecified atom stereocenters. The molecule has 0 nitrogen and oxygen atoms in total. The van der Waals surface area contributed by atoms with Gasteiger partial charge in [-0.3, -0.25) is 0 Å². The first-order chi connectivity index (χ1) is 9.41. The first-order valence-corrected chi connectivity index (χ1v) is 8.67. The van der Waals surface area contributed by atoms with Gasteiger partial charge in [-0.1, -0.05) is 76.5 Å². The van der Waals surface area contributed by atoms with E-state index in [2.05, 4.69) is 25.7 Å². The van der Waals surface area contributed by atoms with Crippen LogP contribution in [0.4, 0.5) is 0 Å². The van der Waals surface area contributed by atoms with Crippen LogP contribution in [-0.2, 0) is 0 Å². The second-order valence-electron chi connectivity index (χ2n) is 5.66. The lowest BCUT2D eigenvalue weighted by Gasteiger charge is -1.99. The van der Waals surface area contributed by atoms with Crippen molar-refractivity contribution < 1.29 is 0 Å². The predicted molar refractivity (Wildman–Crippen MR) is 89.6 cm³/mol. The Balaban J connectivity index is 3.03. The van der Waals surface area contributed by atoms with Crippen LogP contribution in [0.15, 0.2) is 24.8 Å². The molecule has 0 heteroatoms. The second kappa shape index (κ2) is 17.5. The Morgan fingerprint density at radius 3 is 1.47 bits per heavy atom. The van der Waals surface area contributed by atoms with Gasteiger partial charge in [-0.05, 0) is 38.5 Å². The average Bonchev–Trinajstić information content (AvgIpc) is 2.43. The fourth-order valence-corrected chi connectivity index (χ4v) is 2.36. The van der Waals surface area contributed by atoms with Crippen LogP contribution >= 0.6 is 0 Å². The lowest BCUT2D eigenvalue weighted by Crippen LogP contribution is -1.79. The van der Waals surface area contributed by atoms with Gasteiger partial charge in [0.1, 0.15) is 0 Å². The van der Waals surface area contributed by atoms with Crippen molar-refractivity contribution in [3.8, 4) is 0 Å². The molecule has 0 aliphatic heterocycles. The highest BCUT2D eigenvalue weighted by Gasteiger charge is 1.89. The van der Waals surface area contributed by atoms with Gasteiger partial charge in [0.15, 0.2) is 0 Å². The highest BCUT2D eigenvalue weighted by atomic mass is 14.0. The molecule has 0 radical (unpaired) electrons. The number of hydrogen-bond donors (Lipinski definition) is 0. The van der Waals surface area contributed by atoms with Gasteiger partial charge in [-0.2, -0.15) is 0 Å². The number of rotatable bonds is 15. The molecule has 0 aliphatic rings. The van der Waals surface area contributed by atoms with Crippen LogP contribution in [0.3, 0.4) is 0 Å². The van der Waals surface area contributed by atoms with Crippen LogP contribution in [0.1, 0.15) is 96.8 Å². The normalized spacial score (nSPS) is 11.2. The molecule has 0 bridgehead atoms. The Hall–Kier alpha value is -0.520. The van der Waals surface area contributed by atoms with Crippen molar-refractivity contribution in [1.82, 2.24) is 0 Å². The molecule has 19 heavy (non-hydrogen) atoms. The average molecular weight is 264 g/mol. The Morgan fingerprint density at radius 1 is 0.579 bits per heavy atom. The molecule has 0 N–H and O–H groups in total. The van der Waals surface area contributed by atoms with Gasteiger partial charge in [0, 0.05) is 0 Å². The van der Waals surface area contributed by atoms with Crippen LogP contribution in [0.5, 0.6) is 0 Å². The van der Waals surface area contributed by atoms with Crippen LogP contribution in [0, 0.1) is 0 Å². The van der Waals surface area contributed by atoms with E-state index in [1.807, 2.05) is 6.08 Å². The molecule has 0 spiro atoms. The van der Waals surface area contributed by atoms with Crippen LogP contribution < -0.4 is 0 Å². The van der Waals surface area contributed by atoms with E-state index in [9.17, 15) is 0 Å². The van der Waals surface area contributed by atoms with Gasteiger partial charge in [-0.15, -0.1) is 6.58 Å². The van der Waals surface area contributed by atoms with Crippen LogP contribution in [0.25, 0.3) is 0 Å². The molecule has 0 amide bonds. The zero-order valence-corrected chi connectivity index (χ0v) is 13.3. The summed E-state index contributed by atoms with van der Waals surface area (Å²) in [6.45, 7) is 6.03. The zero-order chi connectivity index (χ0) is 14.0. The minimum absolute atomic E-state index is 1.19. The van der Waals surface area contributed by atoms with Gasteiger partial charge < -0.3 is 0 Å². The van der Waals surface area contributed by atoms with E-state index in [1.165, 1.54) is 89.9 Å². The molecule has 0 atom stereocenters. The van der Waals surface area contributed by atoms with Gasteiger partial charge >= 0.3 is 0 Å². The Labute approximate surface area is 122 Å². The van der Waals surface area contributed by atoms with Gasteiger partial charge in [0.05, 0.1) is 0 Å². The van der Waals surface area contributed by atoms with Crippen LogP contribution in [-0.4, -0.2) is 0 Å². The van der Waals surface area contributed by atoms with E-state index in [1.54, 1.807) is 0 Å². The molecule has 0 fully saturated rings. The summed E-state index contributed by atoms with van der Waals surface area (Å²) >= 11 is 0. The summed E-state index contributed by atoms with van der Waals surface area (Å²) in [4.78, 5) is 0. The summed E-state index contributed by atoms with van der Waals surface area (Å²) < 4.78 is 0. The lowest BCUT2D eigenvalue weighted by atomic mass is 10.1. The van der Waals surface area contributed by atoms with Crippen molar-refractivity contribution >= 4 is 0 Å². The molecule has 0 aromatic carbocycles. The fourth-order valence-electron chi connectivity index (χ4n) is 2.36. The second-order valence-corrected chi connectivity index (χ2v) is 5.66. The maximum atomic E-state index is 3.75. The van der Waals surface area contributed by atoms with E-state index < -0.39 is 0 Å². The maximum Gasteiger partial charge on any atom is -0.0351 e. The molecular weight excluding hydrogens is 228 g/mol. The summed E-state index contributed by atoms with van der Waals surface area (Å²) in [7, 11) is 0. The SMILES string of the molecule is C=CCCCCCCC/C=C\CCCCCCCC. The molecule has 112 valence electrons. The van der Waals surface area contributed by atoms with Gasteiger partial charge in [-0.25, -0.2) is 0 Å². The van der Waals surface area contributed by atoms with Crippen molar-refractivity contribution in [3.63, 3.8) is 0 Å². The first kappa shape index (κ1) is 18.5. The molecule has 0 aromatic heterocycles. The number of hydrogen-bond acceptors (Lipinski definition) is 0. The molecule has 0 saturated carbocycles. The smallest absolute Gasteiger partial charge is 0.0351 e. The summed E-state index contributed by atoms with van der Waals surface area (Å²) in [5.74, 6) is 0. The van der Waals surface area contributed by atoms with E-state index in [0.29, 0.717) is 0 Å². The third-order valence-corrected chi connectivity index (χ3v) is 3.67. The largest absolute Gasteiger partial charge is 0.103 e. The van der Waals surface area contributed by atoms with E-state index in [0.717, 1.165) is 0 Å². The third kappa shape index (κ3) is 17.5. The Kier molecular flexibility index (Phi) is 17.0. The summed E-state index contributed by atoms with van der Waals surface area (Å²) in [5, 5.41) is 0. The molecule has 0 heterocycles. The zero-order valence-electron chi connectivity index (χ0n) is 13.3. The van der Waals surface area contributed by atoms with Crippen molar-refractivity contribution in [1.29, 1.82) is 0 Å². The number of unbranched alkanes of at least 4 members (excludes halogenated alkanes) is 12. The topological polar surface area (TPSA) is 0 Å². The van der Waals surface area contributed by atoms with Crippen molar-refractivity contribution in [2.75, 3.05) is 0 Å². The summed E-state index contributed by atoms with van der Waals surface area (Å²) in [5.41, 5.74) is 0. The highest BCUT2D eigenvalue weighted by Crippen LogP contribution is 2.09. The van der Waals surface area contributed by atoms with E-state index in [-0.39, 0.29) is 0 Å². The summed E-state index contributed by atoms with van der Waals surface area (Å²) in [6.07, 6.45) is 26.0. The molecule has 0 aliphatic carbocycles. The first-order valence-electron chi connectivity index (χ1n) is 8.67. The Morgan fingerprint density at radius 2 is 1.00 bits per heavy atom. The quantitative estimate of drug-likeness (QED) is 0.216. The minimum Gasteiger partial charge on any atom is -0.103 e. The maximum absolute atomic E-state index is 3.75. The van der Waals surface area contributed by atoms with Gasteiger partial charge in [0.2, 0.25) is 0 Å². The lowest BCUT2D eigenvalue weighted by molar-refractivity contribution is 0.609. The molecule has 0 saturated heterocycles. The minimum atomic E-state index is 1.19. The molecular formula is C19H36. The molecule has 0 rings (SSSR count). The van der Waals surface area contributed by atoms with E-state index >= 15 is 0 Å². The third-order valence-electron chi connectivity index (χ3n) is 3.67. The number of allylic oxidation sites excluding steroid dienone is 3. The van der Waals surface area contributed by atoms with E-state index in [4.69, 9.17) is 0 Å². The fraction of sp³-hybridized carbons (Fsp3) is 0.789. The predicted octanol–water partition coefficient (Wildman–Crippen LogP) is 7.21. The van der Waals surface area contributed by atoms with Crippen molar-refractivity contribution in [2.45, 2.75) is 96.8 Å². The standard InChI is InChI=1S/C19H36/c1-3-5-7-9-11-13-15-17-19-18-16-14-12-10-8-6-4-2/h3,18-19H,1,4-17H2,2H3/b19-18-.